The molecule has 220 valence electrons. The lowest BCUT2D eigenvalue weighted by molar-refractivity contribution is 0.414. The lowest BCUT2D eigenvalue weighted by atomic mass is 10.2. The van der Waals surface area contributed by atoms with E-state index in [0.717, 1.165) is 39.0 Å². The van der Waals surface area contributed by atoms with Gasteiger partial charge < -0.3 is 24.4 Å². The summed E-state index contributed by atoms with van der Waals surface area (Å²) in [6.07, 6.45) is 0. The summed E-state index contributed by atoms with van der Waals surface area (Å²) in [5.74, 6) is 0.194. The highest BCUT2D eigenvalue weighted by atomic mass is 16.5. The molecule has 0 aliphatic rings. The molecule has 0 bridgehead atoms. The van der Waals surface area contributed by atoms with Gasteiger partial charge in [0, 0.05) is 0 Å². The molecule has 0 saturated heterocycles. The van der Waals surface area contributed by atoms with Crippen molar-refractivity contribution in [2.75, 3.05) is 12.8 Å². The smallest absolute Gasteiger partial charge is 0.420 e. The first-order chi connectivity index (χ1) is 20.1. The average molecular weight is 572 g/mol. The minimum absolute atomic E-state index is 0.153. The Hall–Kier alpha value is -5.18. The number of methoxy groups -OCH3 is 1. The number of fused-ring (bicyclic) bond motifs is 2. The zero-order chi connectivity index (χ0) is 30.8. The van der Waals surface area contributed by atoms with Gasteiger partial charge in [-0.05, 0) is 91.6 Å². The van der Waals surface area contributed by atoms with Gasteiger partial charge in [-0.3, -0.25) is 9.55 Å². The van der Waals surface area contributed by atoms with Crippen molar-refractivity contribution in [1.29, 1.82) is 0 Å². The highest BCUT2D eigenvalue weighted by molar-refractivity contribution is 5.74. The largest absolute Gasteiger partial charge is 0.506 e. The van der Waals surface area contributed by atoms with Crippen LogP contribution in [0.5, 0.6) is 11.5 Å². The van der Waals surface area contributed by atoms with E-state index in [1.807, 2.05) is 95.3 Å². The van der Waals surface area contributed by atoms with Crippen LogP contribution in [-0.4, -0.2) is 21.8 Å². The molecule has 4 N–H and O–H groups in total. The van der Waals surface area contributed by atoms with E-state index >= 15 is 0 Å². The maximum absolute atomic E-state index is 12.0. The van der Waals surface area contributed by atoms with E-state index in [1.54, 1.807) is 29.9 Å². The van der Waals surface area contributed by atoms with E-state index in [1.165, 1.54) is 0 Å². The molecule has 6 rings (SSSR count). The van der Waals surface area contributed by atoms with Gasteiger partial charge in [-0.2, -0.15) is 0 Å². The Morgan fingerprint density at radius 1 is 0.833 bits per heavy atom. The van der Waals surface area contributed by atoms with Crippen LogP contribution in [0.2, 0.25) is 0 Å². The number of benzene rings is 4. The normalized spacial score (nSPS) is 10.1. The number of oxazole rings is 2. The Morgan fingerprint density at radius 2 is 1.48 bits per heavy atom. The molecule has 9 nitrogen and oxygen atoms in total. The van der Waals surface area contributed by atoms with Crippen LogP contribution in [-0.2, 0) is 6.54 Å². The van der Waals surface area contributed by atoms with E-state index in [-0.39, 0.29) is 11.5 Å². The molecule has 2 heterocycles. The van der Waals surface area contributed by atoms with Gasteiger partial charge in [0.1, 0.15) is 11.5 Å². The van der Waals surface area contributed by atoms with Crippen molar-refractivity contribution >= 4 is 27.9 Å². The second kappa shape index (κ2) is 14.5. The van der Waals surface area contributed by atoms with Gasteiger partial charge in [-0.15, -0.1) is 0 Å². The molecule has 42 heavy (non-hydrogen) atoms. The number of aromatic amines is 1. The van der Waals surface area contributed by atoms with Crippen LogP contribution < -0.4 is 22.0 Å². The summed E-state index contributed by atoms with van der Waals surface area (Å²) in [5.41, 5.74) is 12.9. The maximum atomic E-state index is 12.0. The van der Waals surface area contributed by atoms with Crippen LogP contribution in [0.1, 0.15) is 36.1 Å². The number of hydrogen-bond acceptors (Lipinski definition) is 7. The van der Waals surface area contributed by atoms with Gasteiger partial charge in [-0.1, -0.05) is 44.2 Å². The van der Waals surface area contributed by atoms with E-state index in [0.29, 0.717) is 23.4 Å². The third-order valence-corrected chi connectivity index (χ3v) is 6.06. The topological polar surface area (TPSA) is 137 Å². The Balaban J connectivity index is 0.000000185. The molecule has 2 aromatic heterocycles. The fourth-order valence-corrected chi connectivity index (χ4v) is 4.02. The summed E-state index contributed by atoms with van der Waals surface area (Å²) in [7, 11) is 1.63. The molecule has 0 aliphatic carbocycles. The molecule has 0 atom stereocenters. The number of nitrogens with one attached hydrogen (secondary N) is 1. The van der Waals surface area contributed by atoms with Crippen molar-refractivity contribution in [2.24, 2.45) is 0 Å². The number of nitrogens with zero attached hydrogens (tertiary/aromatic N) is 1. The van der Waals surface area contributed by atoms with Crippen molar-refractivity contribution in [3.8, 4) is 11.5 Å². The number of aromatic nitrogens is 2. The number of phenols is 1. The van der Waals surface area contributed by atoms with Crippen molar-refractivity contribution in [3.05, 3.63) is 122 Å². The summed E-state index contributed by atoms with van der Waals surface area (Å²) in [4.78, 5) is 25.2. The third-order valence-electron chi connectivity index (χ3n) is 6.06. The monoisotopic (exact) mass is 571 g/mol. The van der Waals surface area contributed by atoms with Gasteiger partial charge in [-0.25, -0.2) is 9.59 Å². The fraction of sp³-hybridized carbons (Fsp3) is 0.212. The molecule has 0 radical (unpaired) electrons. The lowest BCUT2D eigenvalue weighted by Crippen LogP contribution is -2.14. The number of hydrogen-bond donors (Lipinski definition) is 3. The summed E-state index contributed by atoms with van der Waals surface area (Å²) in [6.45, 7) is 10.3. The Bertz CT molecular complexity index is 1880. The number of anilines is 1. The Morgan fingerprint density at radius 3 is 2.14 bits per heavy atom. The first-order valence-electron chi connectivity index (χ1n) is 13.5. The van der Waals surface area contributed by atoms with Gasteiger partial charge in [0.15, 0.2) is 11.2 Å². The molecule has 0 fully saturated rings. The molecule has 9 heteroatoms. The standard InChI is InChI=1S/C16H15NO3.C8H7NO2.C7H9NO.C2H6/c1-11-6-7-15-14(8-11)17(16(18)20-15)10-12-4-3-5-13(9-12)19-2;1-5-2-3-7-6(4-5)9-8(10)11-7;1-5-2-3-7(9)6(8)4-5;1-2/h3-9H,10H2,1-2H3;2-4H,1H3,(H,9,10);2-4,9H,8H2,1H3;1-2H3. The Kier molecular flexibility index (Phi) is 10.8. The zero-order valence-electron chi connectivity index (χ0n) is 24.7. The van der Waals surface area contributed by atoms with Crippen LogP contribution in [0.4, 0.5) is 5.69 Å². The lowest BCUT2D eigenvalue weighted by Gasteiger charge is -2.05. The predicted molar refractivity (Wildman–Crippen MR) is 167 cm³/mol. The number of aryl methyl sites for hydroxylation is 3. The summed E-state index contributed by atoms with van der Waals surface area (Å²) in [5, 5.41) is 8.92. The third kappa shape index (κ3) is 8.17. The highest BCUT2D eigenvalue weighted by Crippen LogP contribution is 2.20. The van der Waals surface area contributed by atoms with Crippen molar-refractivity contribution in [2.45, 2.75) is 41.2 Å². The van der Waals surface area contributed by atoms with Gasteiger partial charge in [0.2, 0.25) is 0 Å². The van der Waals surface area contributed by atoms with Crippen molar-refractivity contribution in [1.82, 2.24) is 9.55 Å². The first-order valence-corrected chi connectivity index (χ1v) is 13.5. The molecule has 6 aromatic rings. The van der Waals surface area contributed by atoms with Crippen LogP contribution in [0, 0.1) is 20.8 Å². The highest BCUT2D eigenvalue weighted by Gasteiger charge is 2.10. The van der Waals surface area contributed by atoms with Crippen molar-refractivity contribution in [3.63, 3.8) is 0 Å². The van der Waals surface area contributed by atoms with E-state index in [4.69, 9.17) is 24.4 Å². The fourth-order valence-electron chi connectivity index (χ4n) is 4.02. The quantitative estimate of drug-likeness (QED) is 0.159. The minimum atomic E-state index is -0.398. The molecular formula is C33H37N3O6. The number of nitrogen functional groups attached to an aromatic ring is 1. The molecule has 0 unspecified atom stereocenters. The molecular weight excluding hydrogens is 534 g/mol. The van der Waals surface area contributed by atoms with Crippen LogP contribution in [0.15, 0.2) is 97.3 Å². The summed E-state index contributed by atoms with van der Waals surface area (Å²) >= 11 is 0. The molecule has 0 aliphatic heterocycles. The minimum Gasteiger partial charge on any atom is -0.506 e. The van der Waals surface area contributed by atoms with E-state index in [2.05, 4.69) is 4.98 Å². The predicted octanol–water partition coefficient (Wildman–Crippen LogP) is 6.70. The van der Waals surface area contributed by atoms with Gasteiger partial charge >= 0.3 is 11.5 Å². The Labute approximate surface area is 243 Å². The SMILES string of the molecule is CC.COc1cccc(Cn2c(=O)oc3ccc(C)cc32)c1.Cc1ccc(O)c(N)c1.Cc1ccc2oc(=O)[nH]c2c1. The number of aromatic hydroxyl groups is 1. The zero-order valence-corrected chi connectivity index (χ0v) is 24.7. The number of nitrogens with two attached hydrogens (primary N) is 1. The second-order valence-corrected chi connectivity index (χ2v) is 9.35. The molecule has 0 saturated carbocycles. The van der Waals surface area contributed by atoms with Crippen LogP contribution in [0.25, 0.3) is 22.2 Å². The molecule has 0 spiro atoms. The second-order valence-electron chi connectivity index (χ2n) is 9.35. The van der Waals surface area contributed by atoms with Gasteiger partial charge in [0.25, 0.3) is 0 Å². The number of rotatable bonds is 3. The maximum Gasteiger partial charge on any atom is 0.420 e. The number of phenolic OH excluding ortho intramolecular Hbond substituents is 1. The average Bonchev–Trinajstić information content (AvgIpc) is 3.50. The molecule has 0 amide bonds. The number of H-pyrrole nitrogens is 1. The summed E-state index contributed by atoms with van der Waals surface area (Å²) < 4.78 is 16.9. The summed E-state index contributed by atoms with van der Waals surface area (Å²) in [6, 6.07) is 24.1. The molecule has 4 aromatic carbocycles. The van der Waals surface area contributed by atoms with Crippen molar-refractivity contribution < 1.29 is 18.7 Å². The van der Waals surface area contributed by atoms with Crippen LogP contribution in [0.3, 0.4) is 0 Å². The van der Waals surface area contributed by atoms with Crippen LogP contribution >= 0.6 is 0 Å². The van der Waals surface area contributed by atoms with E-state index in [9.17, 15) is 9.59 Å². The number of ether oxygens (including phenoxy) is 1. The van der Waals surface area contributed by atoms with E-state index < -0.39 is 5.76 Å². The first kappa shape index (κ1) is 31.3. The van der Waals surface area contributed by atoms with Gasteiger partial charge in [0.05, 0.1) is 30.4 Å².